The van der Waals surface area contributed by atoms with E-state index in [1.807, 2.05) is 13.8 Å². The summed E-state index contributed by atoms with van der Waals surface area (Å²) in [5.74, 6) is 0. The summed E-state index contributed by atoms with van der Waals surface area (Å²) in [5.41, 5.74) is 0. The highest BCUT2D eigenvalue weighted by Gasteiger charge is 2.24. The lowest BCUT2D eigenvalue weighted by molar-refractivity contribution is -0.149. The molecule has 1 heterocycles. The van der Waals surface area contributed by atoms with E-state index in [-0.39, 0.29) is 12.3 Å². The smallest absolute Gasteiger partial charge is 0.170 e. The second kappa shape index (κ2) is 7.58. The number of nitriles is 1. The molecule has 1 saturated heterocycles. The maximum Gasteiger partial charge on any atom is 0.170 e. The number of hydrogen-bond donors (Lipinski definition) is 1. The Labute approximate surface area is 97.3 Å². The zero-order chi connectivity index (χ0) is 11.8. The van der Waals surface area contributed by atoms with Gasteiger partial charge in [0.25, 0.3) is 0 Å². The van der Waals surface area contributed by atoms with Gasteiger partial charge in [0.2, 0.25) is 0 Å². The van der Waals surface area contributed by atoms with Gasteiger partial charge in [-0.3, -0.25) is 4.90 Å². The molecule has 0 aromatic rings. The van der Waals surface area contributed by atoms with Crippen molar-refractivity contribution in [1.82, 2.24) is 10.2 Å². The predicted octanol–water partition coefficient (Wildman–Crippen LogP) is 0.183. The van der Waals surface area contributed by atoms with E-state index >= 15 is 0 Å². The summed E-state index contributed by atoms with van der Waals surface area (Å²) < 4.78 is 11.0. The third-order valence-corrected chi connectivity index (χ3v) is 2.59. The minimum Gasteiger partial charge on any atom is -0.352 e. The average molecular weight is 227 g/mol. The molecule has 0 aromatic heterocycles. The van der Waals surface area contributed by atoms with Gasteiger partial charge in [0, 0.05) is 32.8 Å². The molecule has 0 spiro atoms. The maximum absolute atomic E-state index is 9.02. The molecule has 16 heavy (non-hydrogen) atoms. The Morgan fingerprint density at radius 3 is 2.69 bits per heavy atom. The van der Waals surface area contributed by atoms with Crippen molar-refractivity contribution in [2.75, 3.05) is 39.4 Å². The fraction of sp³-hybridized carbons (Fsp3) is 0.909. The summed E-state index contributed by atoms with van der Waals surface area (Å²) >= 11 is 0. The van der Waals surface area contributed by atoms with E-state index in [4.69, 9.17) is 14.7 Å². The molecule has 0 amide bonds. The summed E-state index contributed by atoms with van der Waals surface area (Å²) in [6.07, 6.45) is -0.219. The van der Waals surface area contributed by atoms with E-state index in [1.165, 1.54) is 0 Å². The first-order valence-corrected chi connectivity index (χ1v) is 5.89. The van der Waals surface area contributed by atoms with Crippen LogP contribution in [0.15, 0.2) is 0 Å². The summed E-state index contributed by atoms with van der Waals surface area (Å²) in [7, 11) is 0. The highest BCUT2D eigenvalue weighted by molar-refractivity contribution is 4.96. The lowest BCUT2D eigenvalue weighted by Gasteiger charge is -2.34. The van der Waals surface area contributed by atoms with Crippen molar-refractivity contribution in [2.45, 2.75) is 26.2 Å². The number of nitrogens with one attached hydrogen (secondary N) is 1. The number of piperazine rings is 1. The summed E-state index contributed by atoms with van der Waals surface area (Å²) in [5, 5.41) is 12.2. The predicted molar refractivity (Wildman–Crippen MR) is 60.9 cm³/mol. The molecule has 92 valence electrons. The van der Waals surface area contributed by atoms with E-state index in [9.17, 15) is 0 Å². The Hall–Kier alpha value is -0.670. The van der Waals surface area contributed by atoms with Crippen LogP contribution in [-0.2, 0) is 9.47 Å². The molecule has 1 N–H and O–H groups in total. The van der Waals surface area contributed by atoms with Gasteiger partial charge in [-0.05, 0) is 13.8 Å². The Bertz CT molecular complexity index is 224. The Balaban J connectivity index is 2.44. The van der Waals surface area contributed by atoms with Gasteiger partial charge in [-0.25, -0.2) is 0 Å². The molecule has 0 saturated carbocycles. The molecule has 0 radical (unpaired) electrons. The largest absolute Gasteiger partial charge is 0.352 e. The monoisotopic (exact) mass is 227 g/mol. The molecule has 1 atom stereocenters. The molecule has 1 aliphatic rings. The number of rotatable bonds is 6. The number of ether oxygens (including phenoxy) is 2. The first kappa shape index (κ1) is 13.4. The van der Waals surface area contributed by atoms with Gasteiger partial charge in [0.05, 0.1) is 12.6 Å². The van der Waals surface area contributed by atoms with E-state index in [0.717, 1.165) is 19.6 Å². The molecule has 0 aromatic carbocycles. The second-order valence-corrected chi connectivity index (χ2v) is 3.68. The van der Waals surface area contributed by atoms with Crippen molar-refractivity contribution in [3.8, 4) is 6.07 Å². The molecular weight excluding hydrogens is 206 g/mol. The second-order valence-electron chi connectivity index (χ2n) is 3.68. The van der Waals surface area contributed by atoms with Gasteiger partial charge in [-0.1, -0.05) is 0 Å². The highest BCUT2D eigenvalue weighted by Crippen LogP contribution is 2.06. The van der Waals surface area contributed by atoms with Crippen molar-refractivity contribution in [3.05, 3.63) is 0 Å². The van der Waals surface area contributed by atoms with E-state index in [1.54, 1.807) is 0 Å². The Morgan fingerprint density at radius 2 is 2.12 bits per heavy atom. The van der Waals surface area contributed by atoms with Crippen LogP contribution in [0.5, 0.6) is 0 Å². The first-order chi connectivity index (χ1) is 7.81. The van der Waals surface area contributed by atoms with Gasteiger partial charge in [-0.2, -0.15) is 5.26 Å². The number of hydrogen-bond acceptors (Lipinski definition) is 5. The fourth-order valence-corrected chi connectivity index (χ4v) is 1.81. The van der Waals surface area contributed by atoms with Crippen LogP contribution in [0.3, 0.4) is 0 Å². The minimum absolute atomic E-state index is 0.0721. The lowest BCUT2D eigenvalue weighted by Crippen LogP contribution is -2.53. The van der Waals surface area contributed by atoms with Crippen LogP contribution in [0, 0.1) is 11.3 Å². The van der Waals surface area contributed by atoms with Crippen molar-refractivity contribution >= 4 is 0 Å². The van der Waals surface area contributed by atoms with Crippen LogP contribution < -0.4 is 5.32 Å². The normalized spacial score (nSPS) is 22.2. The Morgan fingerprint density at radius 1 is 1.44 bits per heavy atom. The van der Waals surface area contributed by atoms with E-state index in [2.05, 4.69) is 16.3 Å². The number of nitrogens with zero attached hydrogens (tertiary/aromatic N) is 2. The first-order valence-electron chi connectivity index (χ1n) is 5.89. The van der Waals surface area contributed by atoms with Crippen LogP contribution in [0.1, 0.15) is 13.8 Å². The van der Waals surface area contributed by atoms with Crippen LogP contribution in [0.4, 0.5) is 0 Å². The summed E-state index contributed by atoms with van der Waals surface area (Å²) in [6, 6.07) is 2.22. The van der Waals surface area contributed by atoms with Gasteiger partial charge in [0.1, 0.15) is 6.04 Å². The van der Waals surface area contributed by atoms with Gasteiger partial charge >= 0.3 is 0 Å². The molecule has 1 unspecified atom stereocenters. The van der Waals surface area contributed by atoms with E-state index in [0.29, 0.717) is 19.8 Å². The quantitative estimate of drug-likeness (QED) is 0.656. The van der Waals surface area contributed by atoms with Gasteiger partial charge in [-0.15, -0.1) is 0 Å². The van der Waals surface area contributed by atoms with Crippen LogP contribution in [0.25, 0.3) is 0 Å². The Kier molecular flexibility index (Phi) is 6.34. The third kappa shape index (κ3) is 4.06. The molecule has 1 aliphatic heterocycles. The van der Waals surface area contributed by atoms with Gasteiger partial charge < -0.3 is 14.8 Å². The fourth-order valence-electron chi connectivity index (χ4n) is 1.81. The molecule has 1 fully saturated rings. The van der Waals surface area contributed by atoms with Gasteiger partial charge in [0.15, 0.2) is 6.29 Å². The minimum atomic E-state index is -0.219. The van der Waals surface area contributed by atoms with Crippen LogP contribution in [0.2, 0.25) is 0 Å². The average Bonchev–Trinajstić information content (AvgIpc) is 2.30. The topological polar surface area (TPSA) is 57.5 Å². The zero-order valence-corrected chi connectivity index (χ0v) is 10.1. The van der Waals surface area contributed by atoms with Crippen molar-refractivity contribution < 1.29 is 9.47 Å². The van der Waals surface area contributed by atoms with Crippen molar-refractivity contribution in [3.63, 3.8) is 0 Å². The van der Waals surface area contributed by atoms with E-state index < -0.39 is 0 Å². The summed E-state index contributed by atoms with van der Waals surface area (Å²) in [4.78, 5) is 2.12. The lowest BCUT2D eigenvalue weighted by atomic mass is 10.2. The SMILES string of the molecule is CCOC(CN1CCNCC1C#N)OCC. The molecule has 0 bridgehead atoms. The van der Waals surface area contributed by atoms with Crippen molar-refractivity contribution in [1.29, 1.82) is 5.26 Å². The highest BCUT2D eigenvalue weighted by atomic mass is 16.7. The van der Waals surface area contributed by atoms with Crippen molar-refractivity contribution in [2.24, 2.45) is 0 Å². The van der Waals surface area contributed by atoms with Crippen LogP contribution >= 0.6 is 0 Å². The standard InChI is InChI=1S/C11H21N3O2/c1-3-15-11(16-4-2)9-14-6-5-13-8-10(14)7-12/h10-11,13H,3-6,8-9H2,1-2H3. The third-order valence-electron chi connectivity index (χ3n) is 2.59. The van der Waals surface area contributed by atoms with Crippen LogP contribution in [-0.4, -0.2) is 56.6 Å². The molecule has 5 heteroatoms. The molecule has 5 nitrogen and oxygen atoms in total. The maximum atomic E-state index is 9.02. The summed E-state index contributed by atoms with van der Waals surface area (Å²) in [6.45, 7) is 8.35. The molecule has 1 rings (SSSR count). The zero-order valence-electron chi connectivity index (χ0n) is 10.1. The molecular formula is C11H21N3O2. The molecule has 0 aliphatic carbocycles.